The minimum atomic E-state index is -4.68. The largest absolute Gasteiger partial charge is 0.497 e. The summed E-state index contributed by atoms with van der Waals surface area (Å²) in [5.74, 6) is 0.797. The van der Waals surface area contributed by atoms with Gasteiger partial charge in [0.15, 0.2) is 0 Å². The van der Waals surface area contributed by atoms with E-state index in [1.165, 1.54) is 24.3 Å². The third-order valence-corrected chi connectivity index (χ3v) is 5.45. The van der Waals surface area contributed by atoms with Gasteiger partial charge in [-0.3, -0.25) is 10.2 Å². The number of anilines is 1. The number of halogens is 5. The lowest BCUT2D eigenvalue weighted by atomic mass is 9.90. The predicted octanol–water partition coefficient (Wildman–Crippen LogP) is 6.13. The molecule has 2 unspecified atom stereocenters. The van der Waals surface area contributed by atoms with Crippen LogP contribution in [0.4, 0.5) is 23.7 Å². The van der Waals surface area contributed by atoms with Crippen molar-refractivity contribution >= 4 is 35.8 Å². The van der Waals surface area contributed by atoms with Crippen molar-refractivity contribution in [3.05, 3.63) is 59.1 Å². The summed E-state index contributed by atoms with van der Waals surface area (Å²) in [6, 6.07) is 13.6. The Morgan fingerprint density at radius 2 is 1.97 bits per heavy atom. The molecule has 1 N–H and O–H groups in total. The number of hydrogen-bond donors (Lipinski definition) is 1. The number of benzene rings is 2. The molecule has 1 saturated heterocycles. The van der Waals surface area contributed by atoms with Crippen LogP contribution in [0.1, 0.15) is 24.3 Å². The van der Waals surface area contributed by atoms with Crippen LogP contribution in [0.15, 0.2) is 48.5 Å². The van der Waals surface area contributed by atoms with E-state index in [9.17, 15) is 18.0 Å². The highest BCUT2D eigenvalue weighted by Crippen LogP contribution is 2.31. The van der Waals surface area contributed by atoms with Crippen LogP contribution in [0.5, 0.6) is 5.75 Å². The number of ether oxygens (including phenoxy) is 2. The molecule has 0 saturated carbocycles. The third-order valence-electron chi connectivity index (χ3n) is 5.20. The Balaban J connectivity index is 0.00000363. The molecule has 176 valence electrons. The molecule has 1 amide bonds. The number of nitrogens with zero attached hydrogens (tertiary/aromatic N) is 1. The number of likely N-dealkylation sites (tertiary alicyclic amines) is 1. The first-order chi connectivity index (χ1) is 14.7. The topological polar surface area (TPSA) is 50.8 Å². The molecule has 32 heavy (non-hydrogen) atoms. The maximum Gasteiger partial charge on any atom is 0.426 e. The van der Waals surface area contributed by atoms with Crippen LogP contribution in [-0.4, -0.2) is 50.0 Å². The Morgan fingerprint density at radius 3 is 2.62 bits per heavy atom. The number of hydrogen-bond acceptors (Lipinski definition) is 4. The molecule has 1 heterocycles. The Kier molecular flexibility index (Phi) is 9.48. The number of carbonyl (C=O) groups excluding carboxylic acids is 1. The van der Waals surface area contributed by atoms with Gasteiger partial charge >= 0.3 is 12.3 Å². The molecule has 3 rings (SSSR count). The van der Waals surface area contributed by atoms with E-state index in [-0.39, 0.29) is 18.3 Å². The van der Waals surface area contributed by atoms with Crippen molar-refractivity contribution in [2.45, 2.75) is 31.0 Å². The van der Waals surface area contributed by atoms with E-state index in [1.807, 2.05) is 24.3 Å². The average Bonchev–Trinajstić information content (AvgIpc) is 2.74. The molecule has 5 nitrogen and oxygen atoms in total. The first-order valence-corrected chi connectivity index (χ1v) is 10.3. The van der Waals surface area contributed by atoms with Crippen molar-refractivity contribution in [1.29, 1.82) is 0 Å². The molecule has 10 heteroatoms. The van der Waals surface area contributed by atoms with Crippen molar-refractivity contribution in [2.24, 2.45) is 0 Å². The van der Waals surface area contributed by atoms with E-state index in [2.05, 4.69) is 5.32 Å². The minimum Gasteiger partial charge on any atom is -0.497 e. The first-order valence-electron chi connectivity index (χ1n) is 9.91. The van der Waals surface area contributed by atoms with Gasteiger partial charge in [-0.15, -0.1) is 12.4 Å². The number of piperidine rings is 1. The van der Waals surface area contributed by atoms with Crippen molar-refractivity contribution in [2.75, 3.05) is 32.1 Å². The third kappa shape index (κ3) is 7.46. The smallest absolute Gasteiger partial charge is 0.426 e. The number of alkyl halides is 3. The molecule has 0 radical (unpaired) electrons. The molecule has 2 atom stereocenters. The summed E-state index contributed by atoms with van der Waals surface area (Å²) in [7, 11) is 1.58. The van der Waals surface area contributed by atoms with E-state index in [0.29, 0.717) is 29.5 Å². The van der Waals surface area contributed by atoms with Gasteiger partial charge in [0, 0.05) is 23.8 Å². The van der Waals surface area contributed by atoms with Crippen LogP contribution in [0, 0.1) is 0 Å². The monoisotopic (exact) mass is 492 g/mol. The number of carbonyl (C=O) groups is 1. The second-order valence-electron chi connectivity index (χ2n) is 7.44. The number of rotatable bonds is 6. The zero-order chi connectivity index (χ0) is 22.4. The van der Waals surface area contributed by atoms with Gasteiger partial charge in [-0.05, 0) is 67.3 Å². The van der Waals surface area contributed by atoms with E-state index in [4.69, 9.17) is 21.1 Å². The highest BCUT2D eigenvalue weighted by molar-refractivity contribution is 6.30. The molecule has 1 aliphatic heterocycles. The fourth-order valence-corrected chi connectivity index (χ4v) is 3.77. The van der Waals surface area contributed by atoms with Crippen molar-refractivity contribution in [3.8, 4) is 5.75 Å². The minimum absolute atomic E-state index is 0. The highest BCUT2D eigenvalue weighted by Gasteiger charge is 2.44. The van der Waals surface area contributed by atoms with Gasteiger partial charge in [0.1, 0.15) is 5.75 Å². The molecule has 2 aromatic carbocycles. The summed E-state index contributed by atoms with van der Waals surface area (Å²) in [5, 5.41) is 2.75. The van der Waals surface area contributed by atoms with E-state index in [1.54, 1.807) is 12.0 Å². The normalized spacial score (nSPS) is 17.7. The Bertz CT molecular complexity index is 881. The lowest BCUT2D eigenvalue weighted by Crippen LogP contribution is -2.47. The fourth-order valence-electron chi connectivity index (χ4n) is 3.64. The van der Waals surface area contributed by atoms with Gasteiger partial charge in [-0.2, -0.15) is 13.2 Å². The van der Waals surface area contributed by atoms with Crippen molar-refractivity contribution < 1.29 is 27.4 Å². The summed E-state index contributed by atoms with van der Waals surface area (Å²) in [6.45, 7) is 0.537. The van der Waals surface area contributed by atoms with Gasteiger partial charge < -0.3 is 9.47 Å². The maximum absolute atomic E-state index is 13.6. The number of nitrogens with one attached hydrogen (secondary N) is 1. The molecule has 0 aromatic heterocycles. The molecule has 2 aromatic rings. The molecule has 1 fully saturated rings. The van der Waals surface area contributed by atoms with Crippen LogP contribution < -0.4 is 10.1 Å². The van der Waals surface area contributed by atoms with Gasteiger partial charge in [0.25, 0.3) is 0 Å². The predicted molar refractivity (Wildman–Crippen MR) is 120 cm³/mol. The van der Waals surface area contributed by atoms with Crippen molar-refractivity contribution in [3.63, 3.8) is 0 Å². The summed E-state index contributed by atoms with van der Waals surface area (Å²) >= 11 is 5.77. The molecular weight excluding hydrogens is 468 g/mol. The molecule has 0 aliphatic carbocycles. The number of methoxy groups -OCH3 is 1. The second-order valence-corrected chi connectivity index (χ2v) is 7.88. The Hall–Kier alpha value is -2.16. The van der Waals surface area contributed by atoms with Gasteiger partial charge in [0.2, 0.25) is 6.10 Å². The standard InChI is InChI=1S/C22H24ClF3N2O3.ClH/c1-30-19-6-2-4-15(12-19)16-5-3-11-28(13-16)14-20(22(24,25)26)31-21(29)27-18-9-7-17(23)8-10-18;/h2,4,6-10,12,16,20H,3,5,11,13-14H2,1H3,(H,27,29);1H. The zero-order valence-corrected chi connectivity index (χ0v) is 19.0. The molecule has 0 bridgehead atoms. The van der Waals surface area contributed by atoms with Crippen molar-refractivity contribution in [1.82, 2.24) is 4.90 Å². The summed E-state index contributed by atoms with van der Waals surface area (Å²) in [6.07, 6.45) is -6.45. The van der Waals surface area contributed by atoms with Gasteiger partial charge in [-0.25, -0.2) is 4.79 Å². The van der Waals surface area contributed by atoms with E-state index in [0.717, 1.165) is 18.4 Å². The van der Waals surface area contributed by atoms with E-state index >= 15 is 0 Å². The van der Waals surface area contributed by atoms with Crippen LogP contribution >= 0.6 is 24.0 Å². The Labute approximate surface area is 196 Å². The van der Waals surface area contributed by atoms with E-state index < -0.39 is 24.9 Å². The Morgan fingerprint density at radius 1 is 1.25 bits per heavy atom. The lowest BCUT2D eigenvalue weighted by molar-refractivity contribution is -0.207. The maximum atomic E-state index is 13.6. The number of amides is 1. The van der Waals surface area contributed by atoms with Gasteiger partial charge in [0.05, 0.1) is 7.11 Å². The SMILES string of the molecule is COc1cccc(C2CCCN(CC(OC(=O)Nc3ccc(Cl)cc3)C(F)(F)F)C2)c1.Cl. The van der Waals surface area contributed by atoms with Crippen LogP contribution in [0.2, 0.25) is 5.02 Å². The van der Waals surface area contributed by atoms with Crippen LogP contribution in [0.25, 0.3) is 0 Å². The van der Waals surface area contributed by atoms with Crippen LogP contribution in [-0.2, 0) is 4.74 Å². The van der Waals surface area contributed by atoms with Gasteiger partial charge in [-0.1, -0.05) is 23.7 Å². The summed E-state index contributed by atoms with van der Waals surface area (Å²) < 4.78 is 50.7. The molecule has 0 spiro atoms. The zero-order valence-electron chi connectivity index (χ0n) is 17.4. The van der Waals surface area contributed by atoms with Crippen LogP contribution in [0.3, 0.4) is 0 Å². The second kappa shape index (κ2) is 11.6. The fraction of sp³-hybridized carbons (Fsp3) is 0.409. The summed E-state index contributed by atoms with van der Waals surface area (Å²) in [5.41, 5.74) is 1.32. The molecular formula is C22H25Cl2F3N2O3. The first kappa shape index (κ1) is 26.1. The lowest BCUT2D eigenvalue weighted by Gasteiger charge is -2.35. The summed E-state index contributed by atoms with van der Waals surface area (Å²) in [4.78, 5) is 13.7. The molecule has 1 aliphatic rings. The highest BCUT2D eigenvalue weighted by atomic mass is 35.5. The quantitative estimate of drug-likeness (QED) is 0.526. The average molecular weight is 493 g/mol.